The number of nitrogens with one attached hydrogen (secondary N) is 1. The number of amides is 1. The molecule has 0 unspecified atom stereocenters. The summed E-state index contributed by atoms with van der Waals surface area (Å²) in [5, 5.41) is 11.2. The summed E-state index contributed by atoms with van der Waals surface area (Å²) in [6, 6.07) is 20.3. The summed E-state index contributed by atoms with van der Waals surface area (Å²) in [7, 11) is 0. The summed E-state index contributed by atoms with van der Waals surface area (Å²) in [6.45, 7) is 0. The van der Waals surface area contributed by atoms with E-state index >= 15 is 0 Å². The molecular formula is C20H15N5O. The molecular weight excluding hydrogens is 326 g/mol. The molecule has 4 rings (SSSR count). The van der Waals surface area contributed by atoms with Crippen LogP contribution in [-0.4, -0.2) is 15.3 Å². The lowest BCUT2D eigenvalue weighted by Gasteiger charge is -2.06. The number of imidazole rings is 1. The maximum absolute atomic E-state index is 12.4. The molecule has 0 saturated heterocycles. The number of carbonyl (C=O) groups excluding carboxylic acids is 1. The molecule has 126 valence electrons. The summed E-state index contributed by atoms with van der Waals surface area (Å²) in [5.74, 6) is -0.181. The van der Waals surface area contributed by atoms with E-state index in [1.54, 1.807) is 48.9 Å². The maximum atomic E-state index is 12.4. The van der Waals surface area contributed by atoms with Crippen LogP contribution in [0.15, 0.2) is 95.5 Å². The summed E-state index contributed by atoms with van der Waals surface area (Å²) in [6.07, 6.45) is 5.25. The average Bonchev–Trinajstić information content (AvgIpc) is 3.16. The van der Waals surface area contributed by atoms with Crippen LogP contribution in [0.4, 0.5) is 17.1 Å². The van der Waals surface area contributed by atoms with Crippen molar-refractivity contribution in [2.45, 2.75) is 0 Å². The van der Waals surface area contributed by atoms with Crippen molar-refractivity contribution in [2.24, 2.45) is 10.2 Å². The van der Waals surface area contributed by atoms with E-state index in [1.807, 2.05) is 40.8 Å². The maximum Gasteiger partial charge on any atom is 0.257 e. The van der Waals surface area contributed by atoms with Gasteiger partial charge >= 0.3 is 0 Å². The van der Waals surface area contributed by atoms with E-state index in [4.69, 9.17) is 0 Å². The fraction of sp³-hybridized carbons (Fsp3) is 0. The molecule has 0 bridgehead atoms. The first-order chi connectivity index (χ1) is 12.8. The van der Waals surface area contributed by atoms with Gasteiger partial charge in [-0.1, -0.05) is 18.2 Å². The number of nitrogens with zero attached hydrogens (tertiary/aromatic N) is 4. The highest BCUT2D eigenvalue weighted by Crippen LogP contribution is 2.20. The second kappa shape index (κ2) is 6.98. The van der Waals surface area contributed by atoms with Crippen LogP contribution >= 0.6 is 0 Å². The molecule has 0 atom stereocenters. The third-order valence-corrected chi connectivity index (χ3v) is 3.81. The quantitative estimate of drug-likeness (QED) is 0.530. The molecule has 0 aliphatic rings. The highest BCUT2D eigenvalue weighted by Gasteiger charge is 2.07. The molecule has 0 fully saturated rings. The molecule has 2 aromatic heterocycles. The molecule has 26 heavy (non-hydrogen) atoms. The third-order valence-electron chi connectivity index (χ3n) is 3.81. The van der Waals surface area contributed by atoms with Crippen LogP contribution in [0.1, 0.15) is 10.4 Å². The SMILES string of the molecule is O=C(Nc1ccc(N=Nc2ccccc2)cc1)c1ccc2nccn2c1. The van der Waals surface area contributed by atoms with E-state index < -0.39 is 0 Å². The van der Waals surface area contributed by atoms with Crippen LogP contribution < -0.4 is 5.32 Å². The predicted molar refractivity (Wildman–Crippen MR) is 100 cm³/mol. The average molecular weight is 341 g/mol. The summed E-state index contributed by atoms with van der Waals surface area (Å²) >= 11 is 0. The van der Waals surface area contributed by atoms with Crippen molar-refractivity contribution in [1.82, 2.24) is 9.38 Å². The predicted octanol–water partition coefficient (Wildman–Crippen LogP) is 5.00. The van der Waals surface area contributed by atoms with Gasteiger partial charge in [-0.2, -0.15) is 10.2 Å². The normalized spacial score (nSPS) is 11.1. The van der Waals surface area contributed by atoms with Crippen LogP contribution in [0, 0.1) is 0 Å². The summed E-state index contributed by atoms with van der Waals surface area (Å²) < 4.78 is 1.81. The zero-order chi connectivity index (χ0) is 17.8. The number of hydrogen-bond acceptors (Lipinski definition) is 4. The minimum absolute atomic E-state index is 0.181. The Morgan fingerprint density at radius 3 is 2.38 bits per heavy atom. The van der Waals surface area contributed by atoms with E-state index in [0.717, 1.165) is 11.3 Å². The Morgan fingerprint density at radius 1 is 0.885 bits per heavy atom. The Balaban J connectivity index is 1.45. The molecule has 2 aromatic carbocycles. The number of rotatable bonds is 4. The van der Waals surface area contributed by atoms with E-state index in [-0.39, 0.29) is 5.91 Å². The van der Waals surface area contributed by atoms with Crippen molar-refractivity contribution in [3.63, 3.8) is 0 Å². The van der Waals surface area contributed by atoms with Crippen molar-refractivity contribution >= 4 is 28.6 Å². The number of hydrogen-bond donors (Lipinski definition) is 1. The van der Waals surface area contributed by atoms with E-state index in [1.165, 1.54) is 0 Å². The number of pyridine rings is 1. The molecule has 2 heterocycles. The largest absolute Gasteiger partial charge is 0.322 e. The van der Waals surface area contributed by atoms with Gasteiger partial charge in [-0.15, -0.1) is 0 Å². The molecule has 0 radical (unpaired) electrons. The highest BCUT2D eigenvalue weighted by molar-refractivity contribution is 6.04. The molecule has 4 aromatic rings. The van der Waals surface area contributed by atoms with Crippen molar-refractivity contribution in [2.75, 3.05) is 5.32 Å². The van der Waals surface area contributed by atoms with E-state index in [2.05, 4.69) is 20.5 Å². The van der Waals surface area contributed by atoms with Crippen LogP contribution in [0.5, 0.6) is 0 Å². The number of azo groups is 1. The second-order valence-electron chi connectivity index (χ2n) is 5.65. The molecule has 6 nitrogen and oxygen atoms in total. The summed E-state index contributed by atoms with van der Waals surface area (Å²) in [5.41, 5.74) is 3.56. The fourth-order valence-electron chi connectivity index (χ4n) is 2.48. The monoisotopic (exact) mass is 341 g/mol. The zero-order valence-electron chi connectivity index (χ0n) is 13.8. The number of fused-ring (bicyclic) bond motifs is 1. The topological polar surface area (TPSA) is 71.1 Å². The van der Waals surface area contributed by atoms with Gasteiger partial charge in [0.1, 0.15) is 5.65 Å². The smallest absolute Gasteiger partial charge is 0.257 e. The number of anilines is 1. The Bertz CT molecular complexity index is 1070. The zero-order valence-corrected chi connectivity index (χ0v) is 13.8. The lowest BCUT2D eigenvalue weighted by molar-refractivity contribution is 0.102. The van der Waals surface area contributed by atoms with Gasteiger partial charge in [0.25, 0.3) is 5.91 Å². The molecule has 0 saturated carbocycles. The van der Waals surface area contributed by atoms with Crippen molar-refractivity contribution in [1.29, 1.82) is 0 Å². The first-order valence-electron chi connectivity index (χ1n) is 8.09. The number of benzene rings is 2. The minimum atomic E-state index is -0.181. The van der Waals surface area contributed by atoms with Gasteiger partial charge in [0, 0.05) is 24.3 Å². The van der Waals surface area contributed by atoms with E-state index in [0.29, 0.717) is 16.9 Å². The van der Waals surface area contributed by atoms with Gasteiger partial charge in [-0.05, 0) is 48.5 Å². The molecule has 0 aliphatic heterocycles. The Morgan fingerprint density at radius 2 is 1.62 bits per heavy atom. The Hall–Kier alpha value is -3.80. The Kier molecular flexibility index (Phi) is 4.22. The molecule has 1 amide bonds. The van der Waals surface area contributed by atoms with Gasteiger partial charge in [0.15, 0.2) is 0 Å². The molecule has 6 heteroatoms. The van der Waals surface area contributed by atoms with Gasteiger partial charge in [0.2, 0.25) is 0 Å². The number of aromatic nitrogens is 2. The molecule has 1 N–H and O–H groups in total. The fourth-order valence-corrected chi connectivity index (χ4v) is 2.48. The lowest BCUT2D eigenvalue weighted by Crippen LogP contribution is -2.12. The van der Waals surface area contributed by atoms with Crippen LogP contribution in [0.2, 0.25) is 0 Å². The Labute approximate surface area is 149 Å². The molecule has 0 aliphatic carbocycles. The van der Waals surface area contributed by atoms with Gasteiger partial charge < -0.3 is 9.72 Å². The first-order valence-corrected chi connectivity index (χ1v) is 8.09. The van der Waals surface area contributed by atoms with Gasteiger partial charge in [-0.3, -0.25) is 4.79 Å². The van der Waals surface area contributed by atoms with Crippen LogP contribution in [-0.2, 0) is 0 Å². The lowest BCUT2D eigenvalue weighted by atomic mass is 10.2. The van der Waals surface area contributed by atoms with Crippen molar-refractivity contribution in [3.05, 3.63) is 90.9 Å². The molecule has 0 spiro atoms. The van der Waals surface area contributed by atoms with Crippen LogP contribution in [0.25, 0.3) is 5.65 Å². The van der Waals surface area contributed by atoms with E-state index in [9.17, 15) is 4.79 Å². The van der Waals surface area contributed by atoms with Crippen LogP contribution in [0.3, 0.4) is 0 Å². The van der Waals surface area contributed by atoms with Gasteiger partial charge in [-0.25, -0.2) is 4.98 Å². The number of carbonyl (C=O) groups is 1. The van der Waals surface area contributed by atoms with Crippen molar-refractivity contribution < 1.29 is 4.79 Å². The first kappa shape index (κ1) is 15.7. The second-order valence-corrected chi connectivity index (χ2v) is 5.65. The standard InChI is InChI=1S/C20H15N5O/c26-20(15-6-11-19-21-12-13-25(19)14-15)22-16-7-9-18(10-8-16)24-23-17-4-2-1-3-5-17/h1-14H,(H,22,26). The van der Waals surface area contributed by atoms with Gasteiger partial charge in [0.05, 0.1) is 16.9 Å². The summed E-state index contributed by atoms with van der Waals surface area (Å²) in [4.78, 5) is 16.6. The highest BCUT2D eigenvalue weighted by atomic mass is 16.1. The third kappa shape index (κ3) is 3.49. The minimum Gasteiger partial charge on any atom is -0.322 e. The van der Waals surface area contributed by atoms with Crippen molar-refractivity contribution in [3.8, 4) is 0 Å².